The van der Waals surface area contributed by atoms with E-state index in [9.17, 15) is 4.79 Å². The van der Waals surface area contributed by atoms with Crippen molar-refractivity contribution in [1.82, 2.24) is 5.32 Å². The molecule has 1 aromatic rings. The van der Waals surface area contributed by atoms with Gasteiger partial charge in [-0.3, -0.25) is 4.79 Å². The van der Waals surface area contributed by atoms with Crippen molar-refractivity contribution in [3.8, 4) is 0 Å². The number of hydrogen-bond donors (Lipinski definition) is 1. The van der Waals surface area contributed by atoms with Crippen molar-refractivity contribution in [1.29, 1.82) is 0 Å². The van der Waals surface area contributed by atoms with Crippen LogP contribution in [0.1, 0.15) is 36.8 Å². The maximum absolute atomic E-state index is 12.0. The van der Waals surface area contributed by atoms with E-state index in [4.69, 9.17) is 11.6 Å². The van der Waals surface area contributed by atoms with Gasteiger partial charge in [-0.2, -0.15) is 0 Å². The molecule has 0 spiro atoms. The van der Waals surface area contributed by atoms with Crippen LogP contribution in [0.3, 0.4) is 0 Å². The minimum atomic E-state index is 0.0190. The zero-order chi connectivity index (χ0) is 14.1. The van der Waals surface area contributed by atoms with Crippen LogP contribution in [-0.4, -0.2) is 11.9 Å². The molecule has 1 N–H and O–H groups in total. The molecule has 0 aromatic heterocycles. The second-order valence-corrected chi connectivity index (χ2v) is 6.46. The molecular formula is C17H20ClNO. The lowest BCUT2D eigenvalue weighted by atomic mass is 10.1. The van der Waals surface area contributed by atoms with Gasteiger partial charge in [0.1, 0.15) is 0 Å². The van der Waals surface area contributed by atoms with Crippen LogP contribution >= 0.6 is 11.6 Å². The van der Waals surface area contributed by atoms with E-state index < -0.39 is 0 Å². The number of carbonyl (C=O) groups excluding carboxylic acids is 1. The molecule has 20 heavy (non-hydrogen) atoms. The van der Waals surface area contributed by atoms with Gasteiger partial charge in [-0.25, -0.2) is 0 Å². The van der Waals surface area contributed by atoms with Gasteiger partial charge in [-0.05, 0) is 67.7 Å². The summed E-state index contributed by atoms with van der Waals surface area (Å²) in [5.74, 6) is 1.48. The Morgan fingerprint density at radius 3 is 2.50 bits per heavy atom. The largest absolute Gasteiger partial charge is 0.349 e. The van der Waals surface area contributed by atoms with Crippen LogP contribution in [0.25, 0.3) is 6.08 Å². The molecule has 2 aliphatic rings. The van der Waals surface area contributed by atoms with Crippen LogP contribution in [0.15, 0.2) is 24.3 Å². The lowest BCUT2D eigenvalue weighted by Crippen LogP contribution is -2.37. The molecule has 1 amide bonds. The summed E-state index contributed by atoms with van der Waals surface area (Å²) in [5.41, 5.74) is 2.01. The molecule has 1 aromatic carbocycles. The van der Waals surface area contributed by atoms with E-state index in [1.807, 2.05) is 31.2 Å². The Morgan fingerprint density at radius 2 is 1.95 bits per heavy atom. The SMILES string of the molecule is Cc1ccc(/C=C\C(=O)NC(C2CC2)C2CC2)cc1Cl. The van der Waals surface area contributed by atoms with Crippen LogP contribution in [0.2, 0.25) is 5.02 Å². The highest BCUT2D eigenvalue weighted by molar-refractivity contribution is 6.31. The predicted octanol–water partition coefficient (Wildman–Crippen LogP) is 3.97. The molecule has 0 unspecified atom stereocenters. The Balaban J connectivity index is 1.59. The smallest absolute Gasteiger partial charge is 0.244 e. The van der Waals surface area contributed by atoms with Crippen LogP contribution in [0.4, 0.5) is 0 Å². The number of benzene rings is 1. The highest BCUT2D eigenvalue weighted by Crippen LogP contribution is 2.44. The molecule has 0 radical (unpaired) electrons. The molecular weight excluding hydrogens is 270 g/mol. The minimum Gasteiger partial charge on any atom is -0.349 e. The lowest BCUT2D eigenvalue weighted by molar-refractivity contribution is -0.117. The van der Waals surface area contributed by atoms with Crippen LogP contribution in [-0.2, 0) is 4.79 Å². The minimum absolute atomic E-state index is 0.0190. The monoisotopic (exact) mass is 289 g/mol. The summed E-state index contributed by atoms with van der Waals surface area (Å²) in [5, 5.41) is 3.92. The van der Waals surface area contributed by atoms with Crippen LogP contribution in [0.5, 0.6) is 0 Å². The fourth-order valence-electron chi connectivity index (χ4n) is 2.63. The normalized spacial score (nSPS) is 18.8. The molecule has 2 aliphatic carbocycles. The van der Waals surface area contributed by atoms with Gasteiger partial charge in [0.15, 0.2) is 0 Å². The van der Waals surface area contributed by atoms with Gasteiger partial charge in [0, 0.05) is 17.1 Å². The topological polar surface area (TPSA) is 29.1 Å². The highest BCUT2D eigenvalue weighted by Gasteiger charge is 2.41. The summed E-state index contributed by atoms with van der Waals surface area (Å²) in [6.45, 7) is 1.97. The number of aryl methyl sites for hydroxylation is 1. The van der Waals surface area contributed by atoms with Gasteiger partial charge in [-0.15, -0.1) is 0 Å². The lowest BCUT2D eigenvalue weighted by Gasteiger charge is -2.16. The molecule has 0 bridgehead atoms. The van der Waals surface area contributed by atoms with Gasteiger partial charge in [0.2, 0.25) is 5.91 Å². The van der Waals surface area contributed by atoms with Crippen molar-refractivity contribution in [2.75, 3.05) is 0 Å². The van der Waals surface area contributed by atoms with Crippen LogP contribution < -0.4 is 5.32 Å². The average Bonchev–Trinajstić information content (AvgIpc) is 3.28. The average molecular weight is 290 g/mol. The van der Waals surface area contributed by atoms with Gasteiger partial charge < -0.3 is 5.32 Å². The first-order chi connectivity index (χ1) is 9.63. The van der Waals surface area contributed by atoms with E-state index >= 15 is 0 Å². The number of halogens is 1. The standard InChI is InChI=1S/C17H20ClNO/c1-11-2-3-12(10-15(11)18)4-9-16(20)19-17(13-5-6-13)14-7-8-14/h2-4,9-10,13-14,17H,5-8H2,1H3,(H,19,20)/b9-4-. The van der Waals surface area contributed by atoms with Crippen molar-refractivity contribution >= 4 is 23.6 Å². The first-order valence-electron chi connectivity index (χ1n) is 7.38. The quantitative estimate of drug-likeness (QED) is 0.817. The van der Waals surface area contributed by atoms with Crippen molar-refractivity contribution < 1.29 is 4.79 Å². The summed E-state index contributed by atoms with van der Waals surface area (Å²) < 4.78 is 0. The maximum atomic E-state index is 12.0. The van der Waals surface area contributed by atoms with Crippen molar-refractivity contribution in [3.05, 3.63) is 40.4 Å². The van der Waals surface area contributed by atoms with Crippen LogP contribution in [0, 0.1) is 18.8 Å². The maximum Gasteiger partial charge on any atom is 0.244 e. The summed E-state index contributed by atoms with van der Waals surface area (Å²) in [6, 6.07) is 6.25. The summed E-state index contributed by atoms with van der Waals surface area (Å²) >= 11 is 6.08. The third-order valence-corrected chi connectivity index (χ3v) is 4.60. The van der Waals surface area contributed by atoms with Crippen molar-refractivity contribution in [3.63, 3.8) is 0 Å². The predicted molar refractivity (Wildman–Crippen MR) is 82.6 cm³/mol. The van der Waals surface area contributed by atoms with Gasteiger partial charge in [-0.1, -0.05) is 23.7 Å². The first kappa shape index (κ1) is 13.7. The molecule has 0 heterocycles. The van der Waals surface area contributed by atoms with Crippen molar-refractivity contribution in [2.24, 2.45) is 11.8 Å². The second-order valence-electron chi connectivity index (χ2n) is 6.05. The third kappa shape index (κ3) is 3.43. The Kier molecular flexibility index (Phi) is 3.84. The molecule has 0 atom stereocenters. The molecule has 2 nitrogen and oxygen atoms in total. The molecule has 2 saturated carbocycles. The van der Waals surface area contributed by atoms with E-state index in [1.165, 1.54) is 25.7 Å². The van der Waals surface area contributed by atoms with Gasteiger partial charge in [0.05, 0.1) is 0 Å². The molecule has 3 heteroatoms. The van der Waals surface area contributed by atoms with E-state index in [1.54, 1.807) is 6.08 Å². The third-order valence-electron chi connectivity index (χ3n) is 4.19. The number of carbonyl (C=O) groups is 1. The Hall–Kier alpha value is -1.28. The zero-order valence-electron chi connectivity index (χ0n) is 11.7. The van der Waals surface area contributed by atoms with Gasteiger partial charge >= 0.3 is 0 Å². The Bertz CT molecular complexity index is 532. The van der Waals surface area contributed by atoms with E-state index in [0.29, 0.717) is 6.04 Å². The fraction of sp³-hybridized carbons (Fsp3) is 0.471. The number of rotatable bonds is 5. The Labute approximate surface area is 125 Å². The number of nitrogens with one attached hydrogen (secondary N) is 1. The molecule has 0 aliphatic heterocycles. The van der Waals surface area contributed by atoms with Crippen molar-refractivity contribution in [2.45, 2.75) is 38.6 Å². The molecule has 0 saturated heterocycles. The van der Waals surface area contributed by atoms with E-state index in [-0.39, 0.29) is 5.91 Å². The van der Waals surface area contributed by atoms with E-state index in [2.05, 4.69) is 5.32 Å². The first-order valence-corrected chi connectivity index (χ1v) is 7.76. The number of hydrogen-bond acceptors (Lipinski definition) is 1. The molecule has 3 rings (SSSR count). The summed E-state index contributed by atoms with van der Waals surface area (Å²) in [7, 11) is 0. The fourth-order valence-corrected chi connectivity index (χ4v) is 2.82. The summed E-state index contributed by atoms with van der Waals surface area (Å²) in [6.07, 6.45) is 8.56. The number of amides is 1. The Morgan fingerprint density at radius 1 is 1.30 bits per heavy atom. The van der Waals surface area contributed by atoms with Gasteiger partial charge in [0.25, 0.3) is 0 Å². The molecule has 106 valence electrons. The van der Waals surface area contributed by atoms with E-state index in [0.717, 1.165) is 28.0 Å². The second kappa shape index (κ2) is 5.61. The zero-order valence-corrected chi connectivity index (χ0v) is 12.5. The molecule has 2 fully saturated rings. The highest BCUT2D eigenvalue weighted by atomic mass is 35.5. The summed E-state index contributed by atoms with van der Waals surface area (Å²) in [4.78, 5) is 12.0.